The second-order valence-electron chi connectivity index (χ2n) is 8.29. The molecule has 0 fully saturated rings. The first-order valence-corrected chi connectivity index (χ1v) is 13.0. The molecule has 37 heavy (non-hydrogen) atoms. The third-order valence-electron chi connectivity index (χ3n) is 5.81. The van der Waals surface area contributed by atoms with Crippen LogP contribution in [0.2, 0.25) is 5.02 Å². The van der Waals surface area contributed by atoms with Crippen LogP contribution in [-0.4, -0.2) is 39.4 Å². The number of fused-ring (bicyclic) bond motifs is 1. The molecule has 1 aliphatic heterocycles. The van der Waals surface area contributed by atoms with Gasteiger partial charge in [-0.2, -0.15) is 4.98 Å². The van der Waals surface area contributed by atoms with E-state index in [1.165, 1.54) is 31.0 Å². The zero-order chi connectivity index (χ0) is 26.5. The van der Waals surface area contributed by atoms with Gasteiger partial charge in [0, 0.05) is 22.5 Å². The van der Waals surface area contributed by atoms with Crippen molar-refractivity contribution in [2.24, 2.45) is 0 Å². The lowest BCUT2D eigenvalue weighted by molar-refractivity contribution is -0.385. The number of carbonyl (C=O) groups excluding carboxylic acids is 1. The highest BCUT2D eigenvalue weighted by molar-refractivity contribution is 7.98. The van der Waals surface area contributed by atoms with E-state index in [-0.39, 0.29) is 18.0 Å². The van der Waals surface area contributed by atoms with Gasteiger partial charge in [0.2, 0.25) is 11.1 Å². The zero-order valence-corrected chi connectivity index (χ0v) is 22.1. The number of hydrogen-bond acceptors (Lipinski definition) is 9. The van der Waals surface area contributed by atoms with E-state index < -0.39 is 16.9 Å². The summed E-state index contributed by atoms with van der Waals surface area (Å²) in [4.78, 5) is 29.0. The number of esters is 1. The number of nitro benzene ring substituents is 1. The smallest absolute Gasteiger partial charge is 0.338 e. The fourth-order valence-corrected chi connectivity index (χ4v) is 5.04. The first-order chi connectivity index (χ1) is 17.8. The maximum Gasteiger partial charge on any atom is 0.338 e. The topological polar surface area (TPSA) is 121 Å². The van der Waals surface area contributed by atoms with E-state index >= 15 is 0 Å². The summed E-state index contributed by atoms with van der Waals surface area (Å²) in [5.74, 6) is 0.548. The molecule has 1 aliphatic rings. The third kappa shape index (κ3) is 5.72. The Morgan fingerprint density at radius 3 is 2.78 bits per heavy atom. The summed E-state index contributed by atoms with van der Waals surface area (Å²) in [5, 5.41) is 20.6. The maximum atomic E-state index is 13.2. The van der Waals surface area contributed by atoms with Crippen LogP contribution in [0.4, 0.5) is 11.6 Å². The lowest BCUT2D eigenvalue weighted by atomic mass is 9.95. The van der Waals surface area contributed by atoms with Crippen molar-refractivity contribution in [1.82, 2.24) is 14.8 Å². The Bertz CT molecular complexity index is 1360. The summed E-state index contributed by atoms with van der Waals surface area (Å²) in [7, 11) is 1.37. The number of nitro groups is 1. The first-order valence-electron chi connectivity index (χ1n) is 11.6. The molecule has 0 aliphatic carbocycles. The number of carbonyl (C=O) groups is 1. The molecule has 3 aromatic rings. The Kier molecular flexibility index (Phi) is 8.34. The number of rotatable bonds is 10. The van der Waals surface area contributed by atoms with Crippen molar-refractivity contribution in [3.63, 3.8) is 0 Å². The van der Waals surface area contributed by atoms with Gasteiger partial charge < -0.3 is 14.8 Å². The van der Waals surface area contributed by atoms with Gasteiger partial charge in [0.15, 0.2) is 5.75 Å². The normalized spacial score (nSPS) is 14.6. The van der Waals surface area contributed by atoms with E-state index in [2.05, 4.69) is 15.4 Å². The van der Waals surface area contributed by atoms with E-state index in [0.29, 0.717) is 38.7 Å². The monoisotopic (exact) mass is 543 g/mol. The Balaban J connectivity index is 1.74. The van der Waals surface area contributed by atoms with Crippen molar-refractivity contribution < 1.29 is 19.2 Å². The number of unbranched alkanes of at least 4 members (excludes halogenated alkanes) is 1. The molecule has 0 bridgehead atoms. The van der Waals surface area contributed by atoms with E-state index in [1.54, 1.807) is 17.7 Å². The first kappa shape index (κ1) is 26.5. The second kappa shape index (κ2) is 11.7. The molecule has 1 N–H and O–H groups in total. The van der Waals surface area contributed by atoms with Gasteiger partial charge in [-0.05, 0) is 36.6 Å². The molecule has 0 saturated heterocycles. The van der Waals surface area contributed by atoms with Crippen LogP contribution in [0.15, 0.2) is 58.9 Å². The lowest BCUT2D eigenvalue weighted by Crippen LogP contribution is -2.30. The molecule has 0 amide bonds. The lowest BCUT2D eigenvalue weighted by Gasteiger charge is -2.28. The minimum absolute atomic E-state index is 0.116. The summed E-state index contributed by atoms with van der Waals surface area (Å²) >= 11 is 7.68. The molecule has 1 unspecified atom stereocenters. The van der Waals surface area contributed by atoms with Gasteiger partial charge in [-0.25, -0.2) is 9.48 Å². The van der Waals surface area contributed by atoms with Crippen molar-refractivity contribution in [3.05, 3.63) is 80.0 Å². The predicted octanol–water partition coefficient (Wildman–Crippen LogP) is 5.77. The molecule has 0 spiro atoms. The molecule has 10 nitrogen and oxygen atoms in total. The number of nitrogens with one attached hydrogen (secondary N) is 1. The van der Waals surface area contributed by atoms with Crippen molar-refractivity contribution >= 4 is 41.0 Å². The molecule has 0 saturated carbocycles. The highest BCUT2D eigenvalue weighted by atomic mass is 35.5. The number of methoxy groups -OCH3 is 1. The van der Waals surface area contributed by atoms with E-state index in [4.69, 9.17) is 21.1 Å². The van der Waals surface area contributed by atoms with Gasteiger partial charge in [0.1, 0.15) is 6.04 Å². The van der Waals surface area contributed by atoms with Crippen LogP contribution in [0.3, 0.4) is 0 Å². The number of ether oxygens (including phenoxy) is 2. The average molecular weight is 544 g/mol. The van der Waals surface area contributed by atoms with Crippen LogP contribution >= 0.6 is 23.4 Å². The Morgan fingerprint density at radius 1 is 1.30 bits per heavy atom. The molecule has 2 heterocycles. The van der Waals surface area contributed by atoms with Crippen molar-refractivity contribution in [1.29, 1.82) is 0 Å². The molecule has 194 valence electrons. The Labute approximate surface area is 223 Å². The number of hydrogen-bond donors (Lipinski definition) is 1. The van der Waals surface area contributed by atoms with E-state index in [0.717, 1.165) is 18.4 Å². The van der Waals surface area contributed by atoms with Gasteiger partial charge in [-0.15, -0.1) is 5.10 Å². The fraction of sp³-hybridized carbons (Fsp3) is 0.320. The number of nitrogens with zero attached hydrogens (tertiary/aromatic N) is 4. The molecular weight excluding hydrogens is 518 g/mol. The SMILES string of the molecule is CCCCOC(=O)C1=C(C)Nc2nc(SCc3ccccc3Cl)nn2C1c1ccc(OC)c([N+](=O)[O-])c1. The highest BCUT2D eigenvalue weighted by Crippen LogP contribution is 2.40. The summed E-state index contributed by atoms with van der Waals surface area (Å²) in [5.41, 5.74) is 2.03. The van der Waals surface area contributed by atoms with Gasteiger partial charge in [-0.3, -0.25) is 10.1 Å². The summed E-state index contributed by atoms with van der Waals surface area (Å²) < 4.78 is 12.3. The molecule has 12 heteroatoms. The van der Waals surface area contributed by atoms with Crippen molar-refractivity contribution in [2.75, 3.05) is 19.0 Å². The molecule has 1 aromatic heterocycles. The highest BCUT2D eigenvalue weighted by Gasteiger charge is 2.36. The molecule has 0 radical (unpaired) electrons. The number of benzene rings is 2. The van der Waals surface area contributed by atoms with Crippen molar-refractivity contribution in [2.45, 2.75) is 43.6 Å². The number of aromatic nitrogens is 3. The standard InChI is InChI=1S/C25H26ClN5O5S/c1-4-5-12-36-23(32)21-15(2)27-24-28-25(37-14-17-8-6-7-9-18(17)26)29-30(24)22(21)16-10-11-20(35-3)19(13-16)31(33)34/h6-11,13,22H,4-5,12,14H2,1-3H3,(H,27,28,29). The van der Waals surface area contributed by atoms with Crippen molar-refractivity contribution in [3.8, 4) is 5.75 Å². The molecule has 4 rings (SSSR count). The van der Waals surface area contributed by atoms with Gasteiger partial charge >= 0.3 is 11.7 Å². The molecule has 2 aromatic carbocycles. The van der Waals surface area contributed by atoms with Crippen LogP contribution in [0.5, 0.6) is 5.75 Å². The Hall–Kier alpha value is -3.57. The van der Waals surface area contributed by atoms with Crippen LogP contribution in [-0.2, 0) is 15.3 Å². The minimum atomic E-state index is -0.794. The average Bonchev–Trinajstić information content (AvgIpc) is 3.29. The predicted molar refractivity (Wildman–Crippen MR) is 141 cm³/mol. The van der Waals surface area contributed by atoms with Gasteiger partial charge in [0.05, 0.1) is 24.2 Å². The van der Waals surface area contributed by atoms with E-state index in [9.17, 15) is 14.9 Å². The van der Waals surface area contributed by atoms with Crippen LogP contribution < -0.4 is 10.1 Å². The second-order valence-corrected chi connectivity index (χ2v) is 9.64. The quantitative estimate of drug-likeness (QED) is 0.111. The van der Waals surface area contributed by atoms with Crippen LogP contribution in [0.25, 0.3) is 0 Å². The molecule has 1 atom stereocenters. The Morgan fingerprint density at radius 2 is 2.08 bits per heavy atom. The van der Waals surface area contributed by atoms with E-state index in [1.807, 2.05) is 31.2 Å². The molecular formula is C25H26ClN5O5S. The largest absolute Gasteiger partial charge is 0.490 e. The van der Waals surface area contributed by atoms with Crippen LogP contribution in [0, 0.1) is 10.1 Å². The van der Waals surface area contributed by atoms with Crippen LogP contribution in [0.1, 0.15) is 43.9 Å². The zero-order valence-electron chi connectivity index (χ0n) is 20.6. The minimum Gasteiger partial charge on any atom is -0.490 e. The number of anilines is 1. The summed E-state index contributed by atoms with van der Waals surface area (Å²) in [6, 6.07) is 11.3. The third-order valence-corrected chi connectivity index (χ3v) is 7.07. The van der Waals surface area contributed by atoms with Gasteiger partial charge in [0.25, 0.3) is 0 Å². The summed E-state index contributed by atoms with van der Waals surface area (Å²) in [6.07, 6.45) is 1.60. The maximum absolute atomic E-state index is 13.2. The number of allylic oxidation sites excluding steroid dienone is 1. The fourth-order valence-electron chi connectivity index (χ4n) is 3.93. The number of thioether (sulfide) groups is 1. The van der Waals surface area contributed by atoms with Gasteiger partial charge in [-0.1, -0.05) is 61.0 Å². The number of halogens is 1. The summed E-state index contributed by atoms with van der Waals surface area (Å²) in [6.45, 7) is 4.02.